The molecule has 1 aromatic rings. The number of rotatable bonds is 2. The van der Waals surface area contributed by atoms with E-state index in [4.69, 9.17) is 5.73 Å². The zero-order valence-electron chi connectivity index (χ0n) is 9.34. The third-order valence-electron chi connectivity index (χ3n) is 3.04. The van der Waals surface area contributed by atoms with Crippen molar-refractivity contribution in [3.05, 3.63) is 23.3 Å². The van der Waals surface area contributed by atoms with Crippen molar-refractivity contribution in [2.75, 3.05) is 23.7 Å². The van der Waals surface area contributed by atoms with E-state index in [0.29, 0.717) is 6.54 Å². The van der Waals surface area contributed by atoms with Gasteiger partial charge in [-0.05, 0) is 43.0 Å². The monoisotopic (exact) mass is 226 g/mol. The topological polar surface area (TPSA) is 29.3 Å². The molecule has 4 heteroatoms. The molecular weight excluding hydrogens is 210 g/mol. The van der Waals surface area contributed by atoms with Gasteiger partial charge in [0.25, 0.3) is 6.43 Å². The minimum Gasteiger partial charge on any atom is -0.399 e. The highest BCUT2D eigenvalue weighted by atomic mass is 19.3. The maximum absolute atomic E-state index is 12.4. The maximum Gasteiger partial charge on any atom is 0.255 e. The summed E-state index contributed by atoms with van der Waals surface area (Å²) in [5.74, 6) is 0. The minimum atomic E-state index is -2.29. The Labute approximate surface area is 94.0 Å². The Balaban J connectivity index is 2.34. The Hall–Kier alpha value is -1.32. The zero-order valence-corrected chi connectivity index (χ0v) is 9.34. The number of nitrogen functional groups attached to an aromatic ring is 1. The molecule has 0 amide bonds. The average Bonchev–Trinajstić information content (AvgIpc) is 2.20. The number of nitrogens with two attached hydrogens (primary N) is 1. The molecule has 0 unspecified atom stereocenters. The summed E-state index contributed by atoms with van der Waals surface area (Å²) >= 11 is 0. The summed E-state index contributed by atoms with van der Waals surface area (Å²) in [5, 5.41) is 0. The summed E-state index contributed by atoms with van der Waals surface area (Å²) < 4.78 is 24.9. The molecule has 1 aromatic carbocycles. The van der Waals surface area contributed by atoms with Gasteiger partial charge in [0.1, 0.15) is 0 Å². The van der Waals surface area contributed by atoms with Crippen molar-refractivity contribution < 1.29 is 8.78 Å². The van der Waals surface area contributed by atoms with Crippen LogP contribution in [-0.4, -0.2) is 19.5 Å². The number of aryl methyl sites for hydroxylation is 2. The molecule has 1 aliphatic heterocycles. The summed E-state index contributed by atoms with van der Waals surface area (Å²) in [6.07, 6.45) is -0.439. The van der Waals surface area contributed by atoms with E-state index in [1.54, 1.807) is 4.90 Å². The fourth-order valence-electron chi connectivity index (χ4n) is 2.19. The lowest BCUT2D eigenvalue weighted by Crippen LogP contribution is -2.33. The first-order chi connectivity index (χ1) is 7.58. The lowest BCUT2D eigenvalue weighted by atomic mass is 9.98. The molecule has 0 bridgehead atoms. The van der Waals surface area contributed by atoms with Crippen LogP contribution < -0.4 is 10.6 Å². The zero-order chi connectivity index (χ0) is 11.7. The Morgan fingerprint density at radius 2 is 2.19 bits per heavy atom. The molecule has 2 N–H and O–H groups in total. The second kappa shape index (κ2) is 4.28. The fraction of sp³-hybridized carbons (Fsp3) is 0.500. The quantitative estimate of drug-likeness (QED) is 0.785. The van der Waals surface area contributed by atoms with E-state index >= 15 is 0 Å². The van der Waals surface area contributed by atoms with E-state index in [-0.39, 0.29) is 6.54 Å². The Morgan fingerprint density at radius 1 is 1.44 bits per heavy atom. The number of benzene rings is 1. The van der Waals surface area contributed by atoms with E-state index in [9.17, 15) is 8.78 Å². The van der Waals surface area contributed by atoms with E-state index < -0.39 is 6.43 Å². The molecule has 0 saturated carbocycles. The molecule has 0 spiro atoms. The molecule has 2 rings (SSSR count). The molecule has 16 heavy (non-hydrogen) atoms. The summed E-state index contributed by atoms with van der Waals surface area (Å²) in [7, 11) is 0. The highest BCUT2D eigenvalue weighted by Crippen LogP contribution is 2.31. The molecule has 0 atom stereocenters. The van der Waals surface area contributed by atoms with Gasteiger partial charge in [0.2, 0.25) is 0 Å². The SMILES string of the molecule is Cc1cc2c(cc1N)CCCN2CC(F)F. The molecule has 0 aliphatic carbocycles. The maximum atomic E-state index is 12.4. The van der Waals surface area contributed by atoms with Crippen LogP contribution >= 0.6 is 0 Å². The first-order valence-electron chi connectivity index (χ1n) is 5.50. The lowest BCUT2D eigenvalue weighted by Gasteiger charge is -2.31. The third-order valence-corrected chi connectivity index (χ3v) is 3.04. The van der Waals surface area contributed by atoms with Gasteiger partial charge in [-0.1, -0.05) is 0 Å². The van der Waals surface area contributed by atoms with Crippen molar-refractivity contribution in [3.63, 3.8) is 0 Å². The van der Waals surface area contributed by atoms with Crippen LogP contribution in [0.25, 0.3) is 0 Å². The van der Waals surface area contributed by atoms with Crippen LogP contribution in [0.3, 0.4) is 0 Å². The molecular formula is C12H16F2N2. The van der Waals surface area contributed by atoms with Gasteiger partial charge in [-0.15, -0.1) is 0 Å². The smallest absolute Gasteiger partial charge is 0.255 e. The van der Waals surface area contributed by atoms with Gasteiger partial charge in [-0.25, -0.2) is 8.78 Å². The first-order valence-corrected chi connectivity index (χ1v) is 5.50. The van der Waals surface area contributed by atoms with Crippen molar-refractivity contribution in [2.45, 2.75) is 26.2 Å². The predicted octanol–water partition coefficient (Wildman–Crippen LogP) is 2.59. The molecule has 1 heterocycles. The number of hydrogen-bond donors (Lipinski definition) is 1. The van der Waals surface area contributed by atoms with Gasteiger partial charge in [-0.2, -0.15) is 0 Å². The molecule has 1 aliphatic rings. The Kier molecular flexibility index (Phi) is 2.99. The Bertz CT molecular complexity index is 391. The molecule has 0 aromatic heterocycles. The fourth-order valence-corrected chi connectivity index (χ4v) is 2.19. The molecule has 0 fully saturated rings. The molecule has 88 valence electrons. The number of hydrogen-bond acceptors (Lipinski definition) is 2. The van der Waals surface area contributed by atoms with Crippen molar-refractivity contribution >= 4 is 11.4 Å². The summed E-state index contributed by atoms with van der Waals surface area (Å²) in [4.78, 5) is 1.76. The average molecular weight is 226 g/mol. The van der Waals surface area contributed by atoms with Gasteiger partial charge < -0.3 is 10.6 Å². The van der Waals surface area contributed by atoms with E-state index in [1.807, 2.05) is 19.1 Å². The second-order valence-electron chi connectivity index (χ2n) is 4.28. The predicted molar refractivity (Wildman–Crippen MR) is 62.1 cm³/mol. The van der Waals surface area contributed by atoms with Crippen LogP contribution in [0.4, 0.5) is 20.2 Å². The summed E-state index contributed by atoms with van der Waals surface area (Å²) in [5.41, 5.74) is 9.55. The van der Waals surface area contributed by atoms with Gasteiger partial charge in [0.15, 0.2) is 0 Å². The number of anilines is 2. The highest BCUT2D eigenvalue weighted by Gasteiger charge is 2.20. The van der Waals surface area contributed by atoms with Crippen LogP contribution in [0, 0.1) is 6.92 Å². The lowest BCUT2D eigenvalue weighted by molar-refractivity contribution is 0.154. The number of alkyl halides is 2. The Morgan fingerprint density at radius 3 is 2.88 bits per heavy atom. The van der Waals surface area contributed by atoms with Gasteiger partial charge >= 0.3 is 0 Å². The van der Waals surface area contributed by atoms with Crippen LogP contribution in [0.5, 0.6) is 0 Å². The highest BCUT2D eigenvalue weighted by molar-refractivity contribution is 5.64. The second-order valence-corrected chi connectivity index (χ2v) is 4.28. The first kappa shape index (κ1) is 11.2. The molecule has 0 radical (unpaired) electrons. The standard InChI is InChI=1S/C12H16F2N2/c1-8-5-11-9(6-10(8)15)3-2-4-16(11)7-12(13)14/h5-6,12H,2-4,7,15H2,1H3. The van der Waals surface area contributed by atoms with E-state index in [2.05, 4.69) is 0 Å². The minimum absolute atomic E-state index is 0.184. The normalized spacial score (nSPS) is 15.4. The largest absolute Gasteiger partial charge is 0.399 e. The van der Waals surface area contributed by atoms with Crippen molar-refractivity contribution in [2.24, 2.45) is 0 Å². The summed E-state index contributed by atoms with van der Waals surface area (Å²) in [6, 6.07) is 3.84. The van der Waals surface area contributed by atoms with Gasteiger partial charge in [0, 0.05) is 17.9 Å². The summed E-state index contributed by atoms with van der Waals surface area (Å²) in [6.45, 7) is 2.43. The number of nitrogens with zero attached hydrogens (tertiary/aromatic N) is 1. The van der Waals surface area contributed by atoms with Crippen LogP contribution in [0.2, 0.25) is 0 Å². The van der Waals surface area contributed by atoms with Gasteiger partial charge in [-0.3, -0.25) is 0 Å². The van der Waals surface area contributed by atoms with Crippen molar-refractivity contribution in [1.82, 2.24) is 0 Å². The van der Waals surface area contributed by atoms with Crippen LogP contribution in [0.15, 0.2) is 12.1 Å². The number of fused-ring (bicyclic) bond motifs is 1. The van der Waals surface area contributed by atoms with Crippen molar-refractivity contribution in [3.8, 4) is 0 Å². The van der Waals surface area contributed by atoms with Gasteiger partial charge in [0.05, 0.1) is 6.54 Å². The third kappa shape index (κ3) is 2.10. The molecule has 0 saturated heterocycles. The van der Waals surface area contributed by atoms with E-state index in [1.165, 1.54) is 0 Å². The van der Waals surface area contributed by atoms with E-state index in [0.717, 1.165) is 35.3 Å². The molecule has 2 nitrogen and oxygen atoms in total. The number of halogens is 2. The van der Waals surface area contributed by atoms with Crippen LogP contribution in [-0.2, 0) is 6.42 Å². The van der Waals surface area contributed by atoms with Crippen molar-refractivity contribution in [1.29, 1.82) is 0 Å². The van der Waals surface area contributed by atoms with Crippen LogP contribution in [0.1, 0.15) is 17.5 Å².